The molecule has 1 N–H and O–H groups in total. The third-order valence-electron chi connectivity index (χ3n) is 6.69. The van der Waals surface area contributed by atoms with Crippen LogP contribution in [0.15, 0.2) is 18.2 Å². The number of aliphatic hydroxyl groups excluding tert-OH is 1. The van der Waals surface area contributed by atoms with Gasteiger partial charge >= 0.3 is 0 Å². The summed E-state index contributed by atoms with van der Waals surface area (Å²) in [6, 6.07) is 6.17. The van der Waals surface area contributed by atoms with Crippen LogP contribution in [0, 0.1) is 0 Å². The number of fused-ring (bicyclic) bond motifs is 1. The van der Waals surface area contributed by atoms with Crippen LogP contribution < -0.4 is 4.90 Å². The van der Waals surface area contributed by atoms with Crippen molar-refractivity contribution in [1.29, 1.82) is 0 Å². The molecule has 1 fully saturated rings. The lowest BCUT2D eigenvalue weighted by molar-refractivity contribution is -0.116. The number of benzene rings is 1. The van der Waals surface area contributed by atoms with E-state index >= 15 is 0 Å². The van der Waals surface area contributed by atoms with Crippen LogP contribution in [0.2, 0.25) is 0 Å². The molecule has 178 valence electrons. The van der Waals surface area contributed by atoms with Gasteiger partial charge in [-0.15, -0.1) is 0 Å². The van der Waals surface area contributed by atoms with Gasteiger partial charge in [0.15, 0.2) is 0 Å². The topological polar surface area (TPSA) is 73.3 Å². The second-order valence-electron chi connectivity index (χ2n) is 9.05. The molecule has 7 nitrogen and oxygen atoms in total. The van der Waals surface area contributed by atoms with Crippen molar-refractivity contribution in [2.24, 2.45) is 0 Å². The molecule has 0 unspecified atom stereocenters. The fourth-order valence-electron chi connectivity index (χ4n) is 4.80. The highest BCUT2D eigenvalue weighted by atomic mass is 16.5. The summed E-state index contributed by atoms with van der Waals surface area (Å²) in [7, 11) is 1.70. The van der Waals surface area contributed by atoms with Crippen LogP contribution in [-0.4, -0.2) is 79.3 Å². The van der Waals surface area contributed by atoms with E-state index in [4.69, 9.17) is 4.74 Å². The van der Waals surface area contributed by atoms with Gasteiger partial charge in [-0.25, -0.2) is 0 Å². The van der Waals surface area contributed by atoms with Crippen LogP contribution in [-0.2, 0) is 16.1 Å². The number of amides is 2. The molecule has 0 spiro atoms. The number of hydrogen-bond acceptors (Lipinski definition) is 5. The van der Waals surface area contributed by atoms with Crippen LogP contribution in [0.5, 0.6) is 0 Å². The normalized spacial score (nSPS) is 19.5. The third-order valence-corrected chi connectivity index (χ3v) is 6.69. The summed E-state index contributed by atoms with van der Waals surface area (Å²) in [6.07, 6.45) is 7.72. The minimum Gasteiger partial charge on any atom is -0.395 e. The summed E-state index contributed by atoms with van der Waals surface area (Å²) in [4.78, 5) is 31.4. The number of carbonyl (C=O) groups is 2. The molecule has 7 heteroatoms. The van der Waals surface area contributed by atoms with Gasteiger partial charge in [0.25, 0.3) is 5.91 Å². The van der Waals surface area contributed by atoms with E-state index in [9.17, 15) is 14.7 Å². The zero-order chi connectivity index (χ0) is 22.9. The molecule has 0 bridgehead atoms. The Morgan fingerprint density at radius 3 is 2.47 bits per heavy atom. The van der Waals surface area contributed by atoms with E-state index in [2.05, 4.69) is 4.90 Å². The fraction of sp³-hybridized carbons (Fsp3) is 0.680. The maximum Gasteiger partial charge on any atom is 0.253 e. The highest BCUT2D eigenvalue weighted by Crippen LogP contribution is 2.28. The summed E-state index contributed by atoms with van der Waals surface area (Å²) in [5.41, 5.74) is 2.54. The Kier molecular flexibility index (Phi) is 9.51. The van der Waals surface area contributed by atoms with Crippen molar-refractivity contribution in [2.75, 3.05) is 51.4 Å². The van der Waals surface area contributed by atoms with E-state index < -0.39 is 0 Å². The number of hydrogen-bond donors (Lipinski definition) is 1. The van der Waals surface area contributed by atoms with Crippen molar-refractivity contribution in [3.05, 3.63) is 29.3 Å². The first-order chi connectivity index (χ1) is 15.5. The highest BCUT2D eigenvalue weighted by molar-refractivity contribution is 5.97. The Hall–Kier alpha value is -1.96. The molecule has 0 atom stereocenters. The monoisotopic (exact) mass is 445 g/mol. The van der Waals surface area contributed by atoms with Crippen LogP contribution in [0.4, 0.5) is 5.69 Å². The van der Waals surface area contributed by atoms with Crippen LogP contribution in [0.25, 0.3) is 0 Å². The van der Waals surface area contributed by atoms with E-state index in [-0.39, 0.29) is 18.4 Å². The molecule has 0 radical (unpaired) electrons. The summed E-state index contributed by atoms with van der Waals surface area (Å²) in [5.74, 6) is -0.0719. The highest BCUT2D eigenvalue weighted by Gasteiger charge is 2.25. The molecular formula is C25H39N3O4. The lowest BCUT2D eigenvalue weighted by Crippen LogP contribution is -2.40. The minimum atomic E-state index is -0.111. The van der Waals surface area contributed by atoms with Gasteiger partial charge in [-0.3, -0.25) is 14.5 Å². The molecule has 32 heavy (non-hydrogen) atoms. The van der Waals surface area contributed by atoms with Crippen LogP contribution in [0.3, 0.4) is 0 Å². The SMILES string of the molecule is CC(=O)N1CCCCCCCN(C2CCOCC2)Cc2cc(C(=O)N(C)CCO)ccc21. The second kappa shape index (κ2) is 12.3. The zero-order valence-corrected chi connectivity index (χ0v) is 19.7. The van der Waals surface area contributed by atoms with Gasteiger partial charge in [-0.1, -0.05) is 19.3 Å². The summed E-state index contributed by atoms with van der Waals surface area (Å²) < 4.78 is 5.60. The molecule has 1 saturated heterocycles. The predicted molar refractivity (Wildman–Crippen MR) is 126 cm³/mol. The molecule has 2 amide bonds. The summed E-state index contributed by atoms with van der Waals surface area (Å²) in [6.45, 7) is 5.88. The minimum absolute atomic E-state index is 0.0393. The van der Waals surface area contributed by atoms with Gasteiger partial charge in [0, 0.05) is 64.1 Å². The Labute approximate surface area is 192 Å². The number of likely N-dealkylation sites (N-methyl/N-ethyl adjacent to an activating group) is 1. The van der Waals surface area contributed by atoms with E-state index in [0.29, 0.717) is 31.2 Å². The molecule has 1 aromatic carbocycles. The maximum atomic E-state index is 12.9. The van der Waals surface area contributed by atoms with Crippen molar-refractivity contribution in [2.45, 2.75) is 64.5 Å². The van der Waals surface area contributed by atoms with Gasteiger partial charge in [0.1, 0.15) is 0 Å². The summed E-state index contributed by atoms with van der Waals surface area (Å²) in [5, 5.41) is 9.22. The van der Waals surface area contributed by atoms with Gasteiger partial charge in [0.2, 0.25) is 5.91 Å². The van der Waals surface area contributed by atoms with Crippen molar-refractivity contribution >= 4 is 17.5 Å². The van der Waals surface area contributed by atoms with Gasteiger partial charge in [0.05, 0.1) is 6.61 Å². The van der Waals surface area contributed by atoms with Crippen LogP contribution in [0.1, 0.15) is 67.8 Å². The number of carbonyl (C=O) groups excluding carboxylic acids is 2. The van der Waals surface area contributed by atoms with E-state index in [1.807, 2.05) is 23.1 Å². The van der Waals surface area contributed by atoms with Gasteiger partial charge in [-0.2, -0.15) is 0 Å². The lowest BCUT2D eigenvalue weighted by atomic mass is 10.0. The smallest absolute Gasteiger partial charge is 0.253 e. The molecule has 0 aliphatic carbocycles. The zero-order valence-electron chi connectivity index (χ0n) is 19.7. The fourth-order valence-corrected chi connectivity index (χ4v) is 4.80. The van der Waals surface area contributed by atoms with E-state index in [0.717, 1.165) is 56.7 Å². The first-order valence-electron chi connectivity index (χ1n) is 12.1. The largest absolute Gasteiger partial charge is 0.395 e. The quantitative estimate of drug-likeness (QED) is 0.771. The van der Waals surface area contributed by atoms with E-state index in [1.165, 1.54) is 24.2 Å². The number of anilines is 1. The first kappa shape index (κ1) is 24.7. The molecule has 2 heterocycles. The Morgan fingerprint density at radius 2 is 1.78 bits per heavy atom. The average Bonchev–Trinajstić information content (AvgIpc) is 2.79. The lowest BCUT2D eigenvalue weighted by Gasteiger charge is -2.36. The predicted octanol–water partition coefficient (Wildman–Crippen LogP) is 3.05. The average molecular weight is 446 g/mol. The maximum absolute atomic E-state index is 12.9. The number of ether oxygens (including phenoxy) is 1. The summed E-state index contributed by atoms with van der Waals surface area (Å²) >= 11 is 0. The van der Waals surface area contributed by atoms with E-state index in [1.54, 1.807) is 14.0 Å². The molecule has 2 aliphatic heterocycles. The van der Waals surface area contributed by atoms with Gasteiger partial charge < -0.3 is 19.6 Å². The second-order valence-corrected chi connectivity index (χ2v) is 9.05. The molecule has 3 rings (SSSR count). The molecule has 2 aliphatic rings. The standard InChI is InChI=1S/C25H39N3O4/c1-20(30)28-13-7-5-3-4-6-12-27(23-10-16-32-17-11-23)19-22-18-21(8-9-24(22)28)25(31)26(2)14-15-29/h8-9,18,23,29H,3-7,10-17,19H2,1-2H3. The molecule has 0 aromatic heterocycles. The molecule has 0 saturated carbocycles. The van der Waals surface area contributed by atoms with Gasteiger partial charge in [-0.05, 0) is 56.0 Å². The molecule has 1 aromatic rings. The Bertz CT molecular complexity index is 764. The van der Waals surface area contributed by atoms with Crippen molar-refractivity contribution in [3.8, 4) is 0 Å². The van der Waals surface area contributed by atoms with Crippen molar-refractivity contribution in [1.82, 2.24) is 9.80 Å². The van der Waals surface area contributed by atoms with Crippen molar-refractivity contribution < 1.29 is 19.4 Å². The first-order valence-corrected chi connectivity index (χ1v) is 12.1. The number of aliphatic hydroxyl groups is 1. The molecular weight excluding hydrogens is 406 g/mol. The van der Waals surface area contributed by atoms with Crippen molar-refractivity contribution in [3.63, 3.8) is 0 Å². The Morgan fingerprint density at radius 1 is 1.09 bits per heavy atom. The number of rotatable bonds is 4. The third kappa shape index (κ3) is 6.53. The Balaban J connectivity index is 1.97. The van der Waals surface area contributed by atoms with Crippen LogP contribution >= 0.6 is 0 Å². The number of nitrogens with zero attached hydrogens (tertiary/aromatic N) is 3.